The normalized spacial score (nSPS) is 15.7. The number of benzene rings is 1. The Bertz CT molecular complexity index is 928. The fraction of sp³-hybridized carbons (Fsp3) is 0.450. The van der Waals surface area contributed by atoms with E-state index in [0.717, 1.165) is 22.4 Å². The summed E-state index contributed by atoms with van der Waals surface area (Å²) in [5.74, 6) is 2.06. The molecule has 1 atom stereocenters. The Morgan fingerprint density at radius 3 is 2.67 bits per heavy atom. The Balaban J connectivity index is 1.58. The third-order valence-electron chi connectivity index (χ3n) is 5.34. The van der Waals surface area contributed by atoms with Crippen molar-refractivity contribution in [1.29, 1.82) is 0 Å². The molecule has 142 valence electrons. The SMILES string of the molecule is Cn1ncc2c(NC(C)(C)C3CC3)nc(NCC(N)c3ccccc3)nc21. The standard InChI is InChI=1S/C20H27N7/c1-20(2,14-9-10-14)26-17-15-11-23-27(3)18(15)25-19(24-17)22-12-16(21)13-7-5-4-6-8-13/h4-8,11,14,16H,9-10,12,21H2,1-3H3,(H2,22,24,25,26). The molecular weight excluding hydrogens is 338 g/mol. The van der Waals surface area contributed by atoms with Gasteiger partial charge in [-0.25, -0.2) is 0 Å². The van der Waals surface area contributed by atoms with Crippen LogP contribution in [0, 0.1) is 5.92 Å². The molecule has 3 aromatic rings. The molecule has 4 rings (SSSR count). The number of fused-ring (bicyclic) bond motifs is 1. The van der Waals surface area contributed by atoms with E-state index in [0.29, 0.717) is 18.4 Å². The molecule has 1 fully saturated rings. The summed E-state index contributed by atoms with van der Waals surface area (Å²) in [7, 11) is 1.89. The van der Waals surface area contributed by atoms with Gasteiger partial charge in [0.1, 0.15) is 5.82 Å². The van der Waals surface area contributed by atoms with Crippen molar-refractivity contribution in [1.82, 2.24) is 19.7 Å². The Hall–Kier alpha value is -2.67. The average molecular weight is 365 g/mol. The first kappa shape index (κ1) is 17.7. The summed E-state index contributed by atoms with van der Waals surface area (Å²) in [6.07, 6.45) is 4.34. The Kier molecular flexibility index (Phi) is 4.47. The van der Waals surface area contributed by atoms with E-state index in [-0.39, 0.29) is 11.6 Å². The Morgan fingerprint density at radius 2 is 1.96 bits per heavy atom. The van der Waals surface area contributed by atoms with Gasteiger partial charge in [-0.15, -0.1) is 0 Å². The fourth-order valence-corrected chi connectivity index (χ4v) is 3.43. The van der Waals surface area contributed by atoms with E-state index in [1.165, 1.54) is 12.8 Å². The molecule has 1 aromatic carbocycles. The number of hydrogen-bond acceptors (Lipinski definition) is 6. The van der Waals surface area contributed by atoms with E-state index in [1.807, 2.05) is 43.6 Å². The van der Waals surface area contributed by atoms with Crippen molar-refractivity contribution in [3.05, 3.63) is 42.1 Å². The third-order valence-corrected chi connectivity index (χ3v) is 5.34. The molecule has 7 heteroatoms. The van der Waals surface area contributed by atoms with Gasteiger partial charge in [0, 0.05) is 25.2 Å². The zero-order valence-electron chi connectivity index (χ0n) is 16.1. The number of hydrogen-bond donors (Lipinski definition) is 3. The molecule has 1 aliphatic rings. The molecule has 1 saturated carbocycles. The summed E-state index contributed by atoms with van der Waals surface area (Å²) in [5.41, 5.74) is 8.18. The van der Waals surface area contributed by atoms with Crippen molar-refractivity contribution in [3.63, 3.8) is 0 Å². The highest BCUT2D eigenvalue weighted by Crippen LogP contribution is 2.41. The molecule has 0 bridgehead atoms. The number of aromatic nitrogens is 4. The molecule has 7 nitrogen and oxygen atoms in total. The van der Waals surface area contributed by atoms with Gasteiger partial charge in [0.15, 0.2) is 5.65 Å². The van der Waals surface area contributed by atoms with Gasteiger partial charge in [0.2, 0.25) is 5.95 Å². The van der Waals surface area contributed by atoms with Crippen LogP contribution in [0.5, 0.6) is 0 Å². The maximum atomic E-state index is 6.30. The van der Waals surface area contributed by atoms with Crippen LogP contribution in [0.3, 0.4) is 0 Å². The highest BCUT2D eigenvalue weighted by atomic mass is 15.3. The molecule has 2 aromatic heterocycles. The van der Waals surface area contributed by atoms with Crippen molar-refractivity contribution in [2.45, 2.75) is 38.3 Å². The van der Waals surface area contributed by atoms with Crippen LogP contribution in [0.1, 0.15) is 38.3 Å². The topological polar surface area (TPSA) is 93.7 Å². The quantitative estimate of drug-likeness (QED) is 0.596. The first-order valence-electron chi connectivity index (χ1n) is 9.46. The highest BCUT2D eigenvalue weighted by molar-refractivity contribution is 5.87. The second-order valence-corrected chi connectivity index (χ2v) is 7.92. The Labute approximate surface area is 159 Å². The minimum Gasteiger partial charge on any atom is -0.364 e. The van der Waals surface area contributed by atoms with Crippen LogP contribution in [0.4, 0.5) is 11.8 Å². The molecule has 0 radical (unpaired) electrons. The number of nitrogens with zero attached hydrogens (tertiary/aromatic N) is 4. The van der Waals surface area contributed by atoms with E-state index in [9.17, 15) is 0 Å². The van der Waals surface area contributed by atoms with Gasteiger partial charge in [0.25, 0.3) is 0 Å². The summed E-state index contributed by atoms with van der Waals surface area (Å²) in [4.78, 5) is 9.37. The number of rotatable bonds is 7. The van der Waals surface area contributed by atoms with Crippen LogP contribution in [-0.2, 0) is 7.05 Å². The van der Waals surface area contributed by atoms with Crippen LogP contribution in [-0.4, -0.2) is 31.8 Å². The third kappa shape index (κ3) is 3.73. The molecule has 0 aliphatic heterocycles. The minimum absolute atomic E-state index is 0.00512. The largest absolute Gasteiger partial charge is 0.364 e. The zero-order valence-corrected chi connectivity index (χ0v) is 16.1. The lowest BCUT2D eigenvalue weighted by atomic mass is 9.99. The van der Waals surface area contributed by atoms with E-state index in [1.54, 1.807) is 4.68 Å². The van der Waals surface area contributed by atoms with Gasteiger partial charge in [-0.3, -0.25) is 4.68 Å². The van der Waals surface area contributed by atoms with Crippen molar-refractivity contribution in [3.8, 4) is 0 Å². The lowest BCUT2D eigenvalue weighted by Crippen LogP contribution is -2.34. The van der Waals surface area contributed by atoms with Gasteiger partial charge >= 0.3 is 0 Å². The molecule has 2 heterocycles. The molecule has 1 unspecified atom stereocenters. The van der Waals surface area contributed by atoms with Crippen LogP contribution in [0.2, 0.25) is 0 Å². The van der Waals surface area contributed by atoms with Crippen molar-refractivity contribution in [2.24, 2.45) is 18.7 Å². The fourth-order valence-electron chi connectivity index (χ4n) is 3.43. The first-order valence-corrected chi connectivity index (χ1v) is 9.46. The number of aryl methyl sites for hydroxylation is 1. The molecule has 4 N–H and O–H groups in total. The van der Waals surface area contributed by atoms with Gasteiger partial charge in [-0.1, -0.05) is 30.3 Å². The van der Waals surface area contributed by atoms with E-state index >= 15 is 0 Å². The molecule has 0 spiro atoms. The molecule has 1 aliphatic carbocycles. The summed E-state index contributed by atoms with van der Waals surface area (Å²) in [6, 6.07) is 9.91. The van der Waals surface area contributed by atoms with E-state index < -0.39 is 0 Å². The van der Waals surface area contributed by atoms with Gasteiger partial charge in [-0.2, -0.15) is 15.1 Å². The summed E-state index contributed by atoms with van der Waals surface area (Å²) in [6.45, 7) is 5.01. The van der Waals surface area contributed by atoms with Gasteiger partial charge in [0.05, 0.1) is 11.6 Å². The molecular formula is C20H27N7. The smallest absolute Gasteiger partial charge is 0.226 e. The van der Waals surface area contributed by atoms with Crippen LogP contribution < -0.4 is 16.4 Å². The Morgan fingerprint density at radius 1 is 1.22 bits per heavy atom. The molecule has 27 heavy (non-hydrogen) atoms. The van der Waals surface area contributed by atoms with Crippen LogP contribution in [0.25, 0.3) is 11.0 Å². The molecule has 0 saturated heterocycles. The summed E-state index contributed by atoms with van der Waals surface area (Å²) in [5, 5.41) is 12.2. The number of anilines is 2. The predicted octanol–water partition coefficient (Wildman–Crippen LogP) is 3.08. The monoisotopic (exact) mass is 365 g/mol. The first-order chi connectivity index (χ1) is 12.9. The predicted molar refractivity (Wildman–Crippen MR) is 109 cm³/mol. The summed E-state index contributed by atoms with van der Waals surface area (Å²) < 4.78 is 1.77. The zero-order chi connectivity index (χ0) is 19.0. The second kappa shape index (κ2) is 6.81. The average Bonchev–Trinajstić information content (AvgIpc) is 3.46. The van der Waals surface area contributed by atoms with E-state index in [2.05, 4.69) is 34.6 Å². The number of nitrogens with two attached hydrogens (primary N) is 1. The summed E-state index contributed by atoms with van der Waals surface area (Å²) >= 11 is 0. The lowest BCUT2D eigenvalue weighted by molar-refractivity contribution is 0.493. The lowest BCUT2D eigenvalue weighted by Gasteiger charge is -2.27. The van der Waals surface area contributed by atoms with Crippen molar-refractivity contribution >= 4 is 22.8 Å². The van der Waals surface area contributed by atoms with Crippen LogP contribution in [0.15, 0.2) is 36.5 Å². The van der Waals surface area contributed by atoms with Crippen molar-refractivity contribution in [2.75, 3.05) is 17.2 Å². The van der Waals surface area contributed by atoms with Gasteiger partial charge < -0.3 is 16.4 Å². The minimum atomic E-state index is -0.128. The van der Waals surface area contributed by atoms with E-state index in [4.69, 9.17) is 10.7 Å². The highest BCUT2D eigenvalue weighted by Gasteiger charge is 2.38. The van der Waals surface area contributed by atoms with Gasteiger partial charge in [-0.05, 0) is 38.2 Å². The number of nitrogens with one attached hydrogen (secondary N) is 2. The van der Waals surface area contributed by atoms with Crippen LogP contribution >= 0.6 is 0 Å². The maximum Gasteiger partial charge on any atom is 0.226 e. The molecule has 0 amide bonds. The second-order valence-electron chi connectivity index (χ2n) is 7.92. The van der Waals surface area contributed by atoms with Crippen molar-refractivity contribution < 1.29 is 0 Å². The maximum absolute atomic E-state index is 6.30.